The highest BCUT2D eigenvalue weighted by molar-refractivity contribution is 5.80. The molecule has 7 heteroatoms. The molecule has 2 rings (SSSR count). The number of hydrogen-bond acceptors (Lipinski definition) is 3. The normalized spacial score (nSPS) is 13.0. The van der Waals surface area contributed by atoms with E-state index in [9.17, 15) is 4.39 Å². The summed E-state index contributed by atoms with van der Waals surface area (Å²) in [6.07, 6.45) is 3.79. The van der Waals surface area contributed by atoms with Crippen molar-refractivity contribution in [3.63, 3.8) is 0 Å². The van der Waals surface area contributed by atoms with E-state index in [4.69, 9.17) is 4.74 Å². The topological polar surface area (TPSA) is 63.5 Å². The number of aromatic nitrogens is 2. The zero-order valence-corrected chi connectivity index (χ0v) is 16.1. The van der Waals surface area contributed by atoms with Crippen molar-refractivity contribution in [3.8, 4) is 5.75 Å². The second-order valence-electron chi connectivity index (χ2n) is 6.58. The van der Waals surface area contributed by atoms with Crippen LogP contribution in [0.3, 0.4) is 0 Å². The van der Waals surface area contributed by atoms with Crippen LogP contribution in [0.4, 0.5) is 4.39 Å². The Morgan fingerprint density at radius 2 is 2.12 bits per heavy atom. The average molecular weight is 361 g/mol. The number of guanidine groups is 1. The van der Waals surface area contributed by atoms with Gasteiger partial charge in [0.1, 0.15) is 5.82 Å². The molecule has 0 fully saturated rings. The standard InChI is InChI=1S/C19H28FN5O/c1-13(2)12-25-9-8-22-18(25)11-23-19(21-4)24-14(3)15-6-7-17(26-5)16(20)10-15/h6-10,13-14H,11-12H2,1-5H3,(H2,21,23,24). The summed E-state index contributed by atoms with van der Waals surface area (Å²) in [6.45, 7) is 7.78. The van der Waals surface area contributed by atoms with Crippen LogP contribution in [0.1, 0.15) is 38.2 Å². The number of aliphatic imine (C=N–C) groups is 1. The number of hydrogen-bond donors (Lipinski definition) is 2. The third kappa shape index (κ3) is 5.21. The number of ether oxygens (including phenoxy) is 1. The Balaban J connectivity index is 1.97. The first-order valence-corrected chi connectivity index (χ1v) is 8.75. The second kappa shape index (κ2) is 9.22. The second-order valence-corrected chi connectivity index (χ2v) is 6.58. The molecule has 0 bridgehead atoms. The van der Waals surface area contributed by atoms with Gasteiger partial charge in [-0.3, -0.25) is 4.99 Å². The molecule has 1 heterocycles. The van der Waals surface area contributed by atoms with Gasteiger partial charge in [0, 0.05) is 26.0 Å². The summed E-state index contributed by atoms with van der Waals surface area (Å²) in [7, 11) is 3.16. The van der Waals surface area contributed by atoms with E-state index in [0.29, 0.717) is 18.4 Å². The highest BCUT2D eigenvalue weighted by Gasteiger charge is 2.12. The van der Waals surface area contributed by atoms with Gasteiger partial charge in [0.2, 0.25) is 0 Å². The van der Waals surface area contributed by atoms with Crippen LogP contribution in [0.25, 0.3) is 0 Å². The lowest BCUT2D eigenvalue weighted by Crippen LogP contribution is -2.38. The molecule has 142 valence electrons. The van der Waals surface area contributed by atoms with Gasteiger partial charge in [-0.25, -0.2) is 9.37 Å². The molecule has 0 spiro atoms. The third-order valence-corrected chi connectivity index (χ3v) is 4.03. The first-order valence-electron chi connectivity index (χ1n) is 8.75. The molecule has 0 saturated heterocycles. The van der Waals surface area contributed by atoms with Crippen molar-refractivity contribution >= 4 is 5.96 Å². The summed E-state index contributed by atoms with van der Waals surface area (Å²) >= 11 is 0. The SMILES string of the molecule is CN=C(NCc1nccn1CC(C)C)NC(C)c1ccc(OC)c(F)c1. The van der Waals surface area contributed by atoms with Crippen molar-refractivity contribution in [2.24, 2.45) is 10.9 Å². The Morgan fingerprint density at radius 3 is 2.73 bits per heavy atom. The monoisotopic (exact) mass is 361 g/mol. The van der Waals surface area contributed by atoms with Crippen LogP contribution < -0.4 is 15.4 Å². The van der Waals surface area contributed by atoms with Crippen molar-refractivity contribution in [3.05, 3.63) is 47.8 Å². The first kappa shape index (κ1) is 19.8. The van der Waals surface area contributed by atoms with E-state index in [1.54, 1.807) is 19.3 Å². The zero-order valence-electron chi connectivity index (χ0n) is 16.1. The Bertz CT molecular complexity index is 741. The molecular formula is C19H28FN5O. The molecule has 26 heavy (non-hydrogen) atoms. The molecule has 0 aliphatic carbocycles. The van der Waals surface area contributed by atoms with E-state index in [1.807, 2.05) is 19.2 Å². The maximum atomic E-state index is 13.9. The van der Waals surface area contributed by atoms with Crippen molar-refractivity contribution in [2.75, 3.05) is 14.2 Å². The minimum atomic E-state index is -0.377. The van der Waals surface area contributed by atoms with Gasteiger partial charge in [0.05, 0.1) is 19.7 Å². The number of imidazole rings is 1. The summed E-state index contributed by atoms with van der Waals surface area (Å²) in [6, 6.07) is 4.82. The van der Waals surface area contributed by atoms with E-state index in [1.165, 1.54) is 13.2 Å². The maximum absolute atomic E-state index is 13.9. The summed E-state index contributed by atoms with van der Waals surface area (Å²) in [5.74, 6) is 1.99. The van der Waals surface area contributed by atoms with Gasteiger partial charge in [0.25, 0.3) is 0 Å². The summed E-state index contributed by atoms with van der Waals surface area (Å²) in [5, 5.41) is 6.53. The molecule has 1 aromatic carbocycles. The van der Waals surface area contributed by atoms with Gasteiger partial charge in [0.15, 0.2) is 17.5 Å². The number of methoxy groups -OCH3 is 1. The molecule has 1 unspecified atom stereocenters. The van der Waals surface area contributed by atoms with Crippen LogP contribution in [0.5, 0.6) is 5.75 Å². The number of halogens is 1. The molecule has 0 radical (unpaired) electrons. The molecule has 0 aliphatic heterocycles. The molecule has 2 aromatic rings. The molecule has 6 nitrogen and oxygen atoms in total. The van der Waals surface area contributed by atoms with Crippen LogP contribution in [-0.2, 0) is 13.1 Å². The van der Waals surface area contributed by atoms with Crippen LogP contribution in [0.15, 0.2) is 35.6 Å². The quantitative estimate of drug-likeness (QED) is 0.588. The molecule has 1 atom stereocenters. The minimum Gasteiger partial charge on any atom is -0.494 e. The Hall–Kier alpha value is -2.57. The fraction of sp³-hybridized carbons (Fsp3) is 0.474. The van der Waals surface area contributed by atoms with E-state index < -0.39 is 0 Å². The van der Waals surface area contributed by atoms with Crippen molar-refractivity contribution in [1.82, 2.24) is 20.2 Å². The highest BCUT2D eigenvalue weighted by Crippen LogP contribution is 2.21. The predicted molar refractivity (Wildman–Crippen MR) is 102 cm³/mol. The Kier molecular flexibility index (Phi) is 7.00. The van der Waals surface area contributed by atoms with Gasteiger partial charge < -0.3 is 19.9 Å². The van der Waals surface area contributed by atoms with E-state index in [2.05, 4.69) is 39.0 Å². The van der Waals surface area contributed by atoms with Crippen LogP contribution in [0.2, 0.25) is 0 Å². The first-order chi connectivity index (χ1) is 12.4. The number of benzene rings is 1. The smallest absolute Gasteiger partial charge is 0.191 e. The summed E-state index contributed by atoms with van der Waals surface area (Å²) in [5.41, 5.74) is 0.813. The fourth-order valence-electron chi connectivity index (χ4n) is 2.66. The van der Waals surface area contributed by atoms with Crippen LogP contribution in [-0.4, -0.2) is 29.7 Å². The third-order valence-electron chi connectivity index (χ3n) is 4.03. The molecule has 0 amide bonds. The number of nitrogens with one attached hydrogen (secondary N) is 2. The van der Waals surface area contributed by atoms with Crippen LogP contribution >= 0.6 is 0 Å². The maximum Gasteiger partial charge on any atom is 0.191 e. The minimum absolute atomic E-state index is 0.114. The average Bonchev–Trinajstić information content (AvgIpc) is 3.04. The fourth-order valence-corrected chi connectivity index (χ4v) is 2.66. The van der Waals surface area contributed by atoms with Gasteiger partial charge in [-0.05, 0) is 30.5 Å². The Morgan fingerprint density at radius 1 is 1.35 bits per heavy atom. The van der Waals surface area contributed by atoms with E-state index in [-0.39, 0.29) is 17.6 Å². The molecule has 2 N–H and O–H groups in total. The van der Waals surface area contributed by atoms with Crippen molar-refractivity contribution in [1.29, 1.82) is 0 Å². The predicted octanol–water partition coefficient (Wildman–Crippen LogP) is 3.11. The molecular weight excluding hydrogens is 333 g/mol. The lowest BCUT2D eigenvalue weighted by atomic mass is 10.1. The van der Waals surface area contributed by atoms with Crippen LogP contribution in [0, 0.1) is 11.7 Å². The lowest BCUT2D eigenvalue weighted by molar-refractivity contribution is 0.386. The van der Waals surface area contributed by atoms with Crippen molar-refractivity contribution in [2.45, 2.75) is 39.9 Å². The highest BCUT2D eigenvalue weighted by atomic mass is 19.1. The largest absolute Gasteiger partial charge is 0.494 e. The zero-order chi connectivity index (χ0) is 19.1. The molecule has 0 aliphatic rings. The van der Waals surface area contributed by atoms with Gasteiger partial charge >= 0.3 is 0 Å². The van der Waals surface area contributed by atoms with Gasteiger partial charge in [-0.1, -0.05) is 19.9 Å². The van der Waals surface area contributed by atoms with E-state index in [0.717, 1.165) is 17.9 Å². The summed E-state index contributed by atoms with van der Waals surface area (Å²) in [4.78, 5) is 8.64. The molecule has 0 saturated carbocycles. The number of rotatable bonds is 7. The Labute approximate surface area is 154 Å². The lowest BCUT2D eigenvalue weighted by Gasteiger charge is -2.19. The number of nitrogens with zero attached hydrogens (tertiary/aromatic N) is 3. The summed E-state index contributed by atoms with van der Waals surface area (Å²) < 4.78 is 21.0. The van der Waals surface area contributed by atoms with Gasteiger partial charge in [-0.15, -0.1) is 0 Å². The van der Waals surface area contributed by atoms with Gasteiger partial charge in [-0.2, -0.15) is 0 Å². The van der Waals surface area contributed by atoms with Crippen molar-refractivity contribution < 1.29 is 9.13 Å². The molecule has 1 aromatic heterocycles. The van der Waals surface area contributed by atoms with E-state index >= 15 is 0 Å².